The second kappa shape index (κ2) is 11.1. The number of sulfonamides is 1. The molecule has 28 heavy (non-hydrogen) atoms. The highest BCUT2D eigenvalue weighted by atomic mass is 35.5. The fraction of sp³-hybridized carbons (Fsp3) is 0.316. The van der Waals surface area contributed by atoms with Crippen LogP contribution in [0.4, 0.5) is 0 Å². The van der Waals surface area contributed by atoms with E-state index in [4.69, 9.17) is 23.2 Å². The van der Waals surface area contributed by atoms with Crippen molar-refractivity contribution in [1.29, 1.82) is 0 Å². The van der Waals surface area contributed by atoms with Crippen LogP contribution in [-0.4, -0.2) is 43.7 Å². The third kappa shape index (κ3) is 8.01. The van der Waals surface area contributed by atoms with Crippen molar-refractivity contribution in [1.82, 2.24) is 9.62 Å². The van der Waals surface area contributed by atoms with Crippen molar-refractivity contribution in [3.63, 3.8) is 0 Å². The number of benzene rings is 2. The largest absolute Gasteiger partial charge is 0.354 e. The average molecular weight is 461 g/mol. The standard InChI is InChI=1S/C19H22Cl2N2O3S2/c1-28(25,26)23(12-16-4-2-3-5-18(16)21)13-19(24)22-10-11-27-14-15-6-8-17(20)9-7-15/h2-9H,10-14H2,1H3,(H,22,24). The minimum absolute atomic E-state index is 0.0528. The van der Waals surface area contributed by atoms with Gasteiger partial charge in [0.2, 0.25) is 15.9 Å². The molecule has 0 saturated heterocycles. The summed E-state index contributed by atoms with van der Waals surface area (Å²) >= 11 is 13.6. The highest BCUT2D eigenvalue weighted by Gasteiger charge is 2.21. The number of carbonyl (C=O) groups excluding carboxylic acids is 1. The topological polar surface area (TPSA) is 66.5 Å². The van der Waals surface area contributed by atoms with Gasteiger partial charge < -0.3 is 5.32 Å². The molecule has 2 aromatic rings. The molecule has 1 N–H and O–H groups in total. The van der Waals surface area contributed by atoms with Crippen LogP contribution in [0, 0.1) is 0 Å². The maximum absolute atomic E-state index is 12.2. The Labute approximate surface area is 180 Å². The van der Waals surface area contributed by atoms with Crippen LogP contribution in [0.25, 0.3) is 0 Å². The molecule has 0 fully saturated rings. The van der Waals surface area contributed by atoms with E-state index in [9.17, 15) is 13.2 Å². The number of amides is 1. The van der Waals surface area contributed by atoms with Crippen molar-refractivity contribution in [2.75, 3.05) is 25.1 Å². The van der Waals surface area contributed by atoms with Crippen molar-refractivity contribution in [2.24, 2.45) is 0 Å². The lowest BCUT2D eigenvalue weighted by molar-refractivity contribution is -0.121. The van der Waals surface area contributed by atoms with Crippen molar-refractivity contribution in [2.45, 2.75) is 12.3 Å². The molecule has 0 saturated carbocycles. The summed E-state index contributed by atoms with van der Waals surface area (Å²) in [5.74, 6) is 1.19. The molecule has 0 unspecified atom stereocenters. The normalized spacial score (nSPS) is 11.6. The first kappa shape index (κ1) is 23.0. The van der Waals surface area contributed by atoms with Gasteiger partial charge in [-0.05, 0) is 29.3 Å². The molecule has 2 rings (SSSR count). The average Bonchev–Trinajstić information content (AvgIpc) is 2.63. The minimum atomic E-state index is -3.55. The molecule has 0 heterocycles. The quantitative estimate of drug-likeness (QED) is 0.547. The Morgan fingerprint density at radius 3 is 2.43 bits per heavy atom. The van der Waals surface area contributed by atoms with Crippen LogP contribution >= 0.6 is 35.0 Å². The molecule has 9 heteroatoms. The van der Waals surface area contributed by atoms with Gasteiger partial charge in [0.25, 0.3) is 0 Å². The number of hydrogen-bond acceptors (Lipinski definition) is 4. The second-order valence-electron chi connectivity index (χ2n) is 6.15. The summed E-state index contributed by atoms with van der Waals surface area (Å²) in [6, 6.07) is 14.6. The first-order valence-electron chi connectivity index (χ1n) is 8.53. The van der Waals surface area contributed by atoms with E-state index in [-0.39, 0.29) is 19.0 Å². The predicted molar refractivity (Wildman–Crippen MR) is 117 cm³/mol. The Kier molecular flexibility index (Phi) is 9.11. The highest BCUT2D eigenvalue weighted by Crippen LogP contribution is 2.18. The van der Waals surface area contributed by atoms with Crippen LogP contribution in [0.1, 0.15) is 11.1 Å². The number of thioether (sulfide) groups is 1. The fourth-order valence-electron chi connectivity index (χ4n) is 2.36. The van der Waals surface area contributed by atoms with Gasteiger partial charge >= 0.3 is 0 Å². The van der Waals surface area contributed by atoms with Crippen molar-refractivity contribution < 1.29 is 13.2 Å². The van der Waals surface area contributed by atoms with Crippen LogP contribution < -0.4 is 5.32 Å². The molecular weight excluding hydrogens is 439 g/mol. The summed E-state index contributed by atoms with van der Waals surface area (Å²) in [6.07, 6.45) is 1.08. The van der Waals surface area contributed by atoms with Gasteiger partial charge in [-0.25, -0.2) is 8.42 Å². The summed E-state index contributed by atoms with van der Waals surface area (Å²) in [7, 11) is -3.55. The van der Waals surface area contributed by atoms with E-state index < -0.39 is 10.0 Å². The third-order valence-corrected chi connectivity index (χ3v) is 6.69. The molecule has 0 aliphatic carbocycles. The summed E-state index contributed by atoms with van der Waals surface area (Å²) in [5.41, 5.74) is 1.81. The first-order chi connectivity index (χ1) is 13.3. The zero-order valence-electron chi connectivity index (χ0n) is 15.4. The molecule has 0 atom stereocenters. The van der Waals surface area contributed by atoms with Crippen molar-refractivity contribution in [3.8, 4) is 0 Å². The SMILES string of the molecule is CS(=O)(=O)N(CC(=O)NCCSCc1ccc(Cl)cc1)Cc1ccccc1Cl. The number of nitrogens with zero attached hydrogens (tertiary/aromatic N) is 1. The molecule has 0 aliphatic heterocycles. The highest BCUT2D eigenvalue weighted by molar-refractivity contribution is 7.98. The molecule has 0 aromatic heterocycles. The van der Waals surface area contributed by atoms with Gasteiger partial charge in [0.15, 0.2) is 0 Å². The van der Waals surface area contributed by atoms with Crippen molar-refractivity contribution in [3.05, 3.63) is 69.7 Å². The molecule has 0 radical (unpaired) electrons. The van der Waals surface area contributed by atoms with Gasteiger partial charge in [-0.1, -0.05) is 53.5 Å². The van der Waals surface area contributed by atoms with Crippen LogP contribution in [0.3, 0.4) is 0 Å². The van der Waals surface area contributed by atoms with Gasteiger partial charge in [-0.2, -0.15) is 16.1 Å². The Balaban J connectivity index is 1.78. The van der Waals surface area contributed by atoms with Gasteiger partial charge in [0, 0.05) is 34.6 Å². The zero-order valence-corrected chi connectivity index (χ0v) is 18.5. The van der Waals surface area contributed by atoms with Crippen LogP contribution in [-0.2, 0) is 27.1 Å². The van der Waals surface area contributed by atoms with E-state index >= 15 is 0 Å². The monoisotopic (exact) mass is 460 g/mol. The summed E-state index contributed by atoms with van der Waals surface area (Å²) in [5, 5.41) is 3.93. The molecule has 0 aliphatic rings. The molecule has 2 aromatic carbocycles. The number of nitrogens with one attached hydrogen (secondary N) is 1. The Bertz CT molecular complexity index is 890. The molecule has 5 nitrogen and oxygen atoms in total. The van der Waals surface area contributed by atoms with Crippen LogP contribution in [0.15, 0.2) is 48.5 Å². The third-order valence-electron chi connectivity index (χ3n) is 3.84. The number of hydrogen-bond donors (Lipinski definition) is 1. The van der Waals surface area contributed by atoms with Gasteiger partial charge in [0.05, 0.1) is 12.8 Å². The zero-order chi connectivity index (χ0) is 20.6. The smallest absolute Gasteiger partial charge is 0.235 e. The van der Waals surface area contributed by atoms with E-state index in [2.05, 4.69) is 5.32 Å². The van der Waals surface area contributed by atoms with Crippen LogP contribution in [0.5, 0.6) is 0 Å². The van der Waals surface area contributed by atoms with E-state index in [1.54, 1.807) is 36.0 Å². The molecule has 0 bridgehead atoms. The number of rotatable bonds is 10. The summed E-state index contributed by atoms with van der Waals surface area (Å²) in [4.78, 5) is 12.2. The van der Waals surface area contributed by atoms with E-state index in [0.29, 0.717) is 22.2 Å². The Morgan fingerprint density at radius 1 is 1.11 bits per heavy atom. The van der Waals surface area contributed by atoms with Crippen LogP contribution in [0.2, 0.25) is 10.0 Å². The maximum Gasteiger partial charge on any atom is 0.235 e. The lowest BCUT2D eigenvalue weighted by atomic mass is 10.2. The van der Waals surface area contributed by atoms with Gasteiger partial charge in [-0.15, -0.1) is 0 Å². The molecular formula is C19H22Cl2N2O3S2. The first-order valence-corrected chi connectivity index (χ1v) is 12.3. The lowest BCUT2D eigenvalue weighted by Gasteiger charge is -2.20. The fourth-order valence-corrected chi connectivity index (χ4v) is 4.22. The van der Waals surface area contributed by atoms with Crippen molar-refractivity contribution >= 4 is 50.9 Å². The summed E-state index contributed by atoms with van der Waals surface area (Å²) < 4.78 is 25.2. The molecule has 0 spiro atoms. The minimum Gasteiger partial charge on any atom is -0.354 e. The Hall–Kier alpha value is -1.25. The molecule has 1 amide bonds. The lowest BCUT2D eigenvalue weighted by Crippen LogP contribution is -2.40. The molecule has 152 valence electrons. The van der Waals surface area contributed by atoms with E-state index in [1.165, 1.54) is 0 Å². The predicted octanol–water partition coefficient (Wildman–Crippen LogP) is 3.80. The maximum atomic E-state index is 12.2. The number of halogens is 2. The van der Waals surface area contributed by atoms with Gasteiger partial charge in [0.1, 0.15) is 0 Å². The second-order valence-corrected chi connectivity index (χ2v) is 10.1. The Morgan fingerprint density at radius 2 is 1.79 bits per heavy atom. The van der Waals surface area contributed by atoms with E-state index in [0.717, 1.165) is 27.6 Å². The summed E-state index contributed by atoms with van der Waals surface area (Å²) in [6.45, 7) is 0.268. The van der Waals surface area contributed by atoms with E-state index in [1.807, 2.05) is 24.3 Å². The van der Waals surface area contributed by atoms with Gasteiger partial charge in [-0.3, -0.25) is 4.79 Å². The number of carbonyl (C=O) groups is 1.